The molecule has 0 aromatic heterocycles. The summed E-state index contributed by atoms with van der Waals surface area (Å²) in [7, 11) is 0. The predicted octanol–water partition coefficient (Wildman–Crippen LogP) is 0.992. The number of amides is 1. The zero-order chi connectivity index (χ0) is 13.7. The van der Waals surface area contributed by atoms with Crippen molar-refractivity contribution in [2.75, 3.05) is 0 Å². The maximum atomic E-state index is 11.5. The molecule has 0 heterocycles. The van der Waals surface area contributed by atoms with E-state index in [1.54, 1.807) is 6.92 Å². The zero-order valence-electron chi connectivity index (χ0n) is 11.5. The molecule has 4 bridgehead atoms. The van der Waals surface area contributed by atoms with Crippen molar-refractivity contribution in [2.45, 2.75) is 63.8 Å². The third kappa shape index (κ3) is 2.37. The minimum absolute atomic E-state index is 0.0398. The van der Waals surface area contributed by atoms with E-state index in [-0.39, 0.29) is 23.3 Å². The van der Waals surface area contributed by atoms with E-state index in [0.29, 0.717) is 11.8 Å². The van der Waals surface area contributed by atoms with E-state index in [9.17, 15) is 14.7 Å². The molecule has 0 aromatic carbocycles. The number of hydrogen-bond donors (Lipinski definition) is 1. The molecule has 1 amide bonds. The van der Waals surface area contributed by atoms with E-state index in [4.69, 9.17) is 0 Å². The highest BCUT2D eigenvalue weighted by Crippen LogP contribution is 2.63. The van der Waals surface area contributed by atoms with Crippen molar-refractivity contribution in [2.24, 2.45) is 17.3 Å². The minimum atomic E-state index is -0.940. The number of carbonyl (C=O) groups is 2. The van der Waals surface area contributed by atoms with Crippen LogP contribution >= 0.6 is 0 Å². The molecule has 0 aromatic rings. The summed E-state index contributed by atoms with van der Waals surface area (Å²) in [5, 5.41) is 14.0. The fraction of sp³-hybridized carbons (Fsp3) is 0.867. The third-order valence-electron chi connectivity index (χ3n) is 5.48. The Morgan fingerprint density at radius 1 is 1.21 bits per heavy atom. The van der Waals surface area contributed by atoms with Crippen molar-refractivity contribution >= 4 is 11.9 Å². The molecule has 0 unspecified atom stereocenters. The van der Waals surface area contributed by atoms with E-state index in [1.165, 1.54) is 6.42 Å². The SMILES string of the molecule is CC(=O)NC12C[C@@H]3C[C@H](CC(CCC(=O)[O-])(C3)C1)C2. The van der Waals surface area contributed by atoms with E-state index < -0.39 is 5.97 Å². The van der Waals surface area contributed by atoms with Crippen molar-refractivity contribution < 1.29 is 14.7 Å². The normalized spacial score (nSPS) is 43.2. The third-order valence-corrected chi connectivity index (χ3v) is 5.48. The highest BCUT2D eigenvalue weighted by molar-refractivity contribution is 5.74. The highest BCUT2D eigenvalue weighted by Gasteiger charge is 2.57. The number of carbonyl (C=O) groups excluding carboxylic acids is 2. The molecule has 4 aliphatic rings. The van der Waals surface area contributed by atoms with Gasteiger partial charge in [0.15, 0.2) is 0 Å². The van der Waals surface area contributed by atoms with E-state index >= 15 is 0 Å². The molecule has 4 heteroatoms. The van der Waals surface area contributed by atoms with Gasteiger partial charge < -0.3 is 15.2 Å². The number of rotatable bonds is 4. The second-order valence-electron chi connectivity index (χ2n) is 7.29. The molecule has 1 N–H and O–H groups in total. The summed E-state index contributed by atoms with van der Waals surface area (Å²) in [6, 6.07) is 0. The fourth-order valence-corrected chi connectivity index (χ4v) is 5.63. The molecule has 0 radical (unpaired) electrons. The average molecular weight is 264 g/mol. The van der Waals surface area contributed by atoms with Crippen LogP contribution in [0, 0.1) is 17.3 Å². The van der Waals surface area contributed by atoms with Gasteiger partial charge in [-0.1, -0.05) is 0 Å². The van der Waals surface area contributed by atoms with Crippen molar-refractivity contribution in [3.63, 3.8) is 0 Å². The van der Waals surface area contributed by atoms with Crippen molar-refractivity contribution in [1.82, 2.24) is 5.32 Å². The number of aliphatic carboxylic acids is 1. The molecule has 4 nitrogen and oxygen atoms in total. The Morgan fingerprint density at radius 2 is 1.84 bits per heavy atom. The number of nitrogens with one attached hydrogen (secondary N) is 1. The Hall–Kier alpha value is -1.06. The first kappa shape index (κ1) is 12.9. The topological polar surface area (TPSA) is 69.2 Å². The van der Waals surface area contributed by atoms with Crippen molar-refractivity contribution in [3.8, 4) is 0 Å². The highest BCUT2D eigenvalue weighted by atomic mass is 16.4. The molecule has 19 heavy (non-hydrogen) atoms. The minimum Gasteiger partial charge on any atom is -0.550 e. The molecule has 4 fully saturated rings. The number of carboxylic acids is 1. The predicted molar refractivity (Wildman–Crippen MR) is 67.9 cm³/mol. The molecule has 4 saturated carbocycles. The lowest BCUT2D eigenvalue weighted by Crippen LogP contribution is -2.62. The van der Waals surface area contributed by atoms with Gasteiger partial charge in [0.05, 0.1) is 0 Å². The summed E-state index contributed by atoms with van der Waals surface area (Å²) in [5.74, 6) is 0.464. The molecule has 106 valence electrons. The van der Waals surface area contributed by atoms with Crippen LogP contribution in [0.5, 0.6) is 0 Å². The van der Waals surface area contributed by atoms with Crippen LogP contribution in [0.15, 0.2) is 0 Å². The molecule has 2 atom stereocenters. The molecular formula is C15H22NO3-. The second kappa shape index (κ2) is 4.22. The molecule has 4 rings (SSSR count). The first-order valence-corrected chi connectivity index (χ1v) is 7.39. The largest absolute Gasteiger partial charge is 0.550 e. The van der Waals surface area contributed by atoms with E-state index in [0.717, 1.165) is 38.5 Å². The van der Waals surface area contributed by atoms with Crippen LogP contribution in [0.1, 0.15) is 58.3 Å². The van der Waals surface area contributed by atoms with Crippen molar-refractivity contribution in [1.29, 1.82) is 0 Å². The van der Waals surface area contributed by atoms with Crippen LogP contribution in [0.25, 0.3) is 0 Å². The van der Waals surface area contributed by atoms with Gasteiger partial charge in [-0.25, -0.2) is 0 Å². The van der Waals surface area contributed by atoms with Gasteiger partial charge in [0.25, 0.3) is 0 Å². The lowest BCUT2D eigenvalue weighted by Gasteiger charge is -2.62. The Balaban J connectivity index is 1.80. The lowest BCUT2D eigenvalue weighted by atomic mass is 9.46. The quantitative estimate of drug-likeness (QED) is 0.823. The Kier molecular flexibility index (Phi) is 2.88. The van der Waals surface area contributed by atoms with Crippen LogP contribution in [-0.2, 0) is 9.59 Å². The maximum absolute atomic E-state index is 11.5. The van der Waals surface area contributed by atoms with Gasteiger partial charge in [0.1, 0.15) is 0 Å². The van der Waals surface area contributed by atoms with Gasteiger partial charge in [-0.15, -0.1) is 0 Å². The summed E-state index contributed by atoms with van der Waals surface area (Å²) in [6.45, 7) is 1.59. The van der Waals surface area contributed by atoms with Crippen LogP contribution in [-0.4, -0.2) is 17.4 Å². The van der Waals surface area contributed by atoms with Gasteiger partial charge in [-0.05, 0) is 68.6 Å². The zero-order valence-corrected chi connectivity index (χ0v) is 11.5. The molecule has 4 aliphatic carbocycles. The first-order chi connectivity index (χ1) is 8.90. The van der Waals surface area contributed by atoms with Gasteiger partial charge in [0, 0.05) is 18.4 Å². The summed E-state index contributed by atoms with van der Waals surface area (Å²) in [4.78, 5) is 22.3. The molecule has 0 spiro atoms. The summed E-state index contributed by atoms with van der Waals surface area (Å²) in [5.41, 5.74) is 0.106. The number of hydrogen-bond acceptors (Lipinski definition) is 3. The van der Waals surface area contributed by atoms with Gasteiger partial charge in [-0.2, -0.15) is 0 Å². The Bertz CT molecular complexity index is 404. The van der Waals surface area contributed by atoms with Gasteiger partial charge in [-0.3, -0.25) is 4.79 Å². The number of carboxylic acid groups (broad SMARTS) is 1. The standard InChI is InChI=1S/C15H23NO3/c1-10(17)16-15-7-11-4-12(8-15)6-14(5-11,9-15)3-2-13(18)19/h11-12H,2-9H2,1H3,(H,16,17)(H,18,19)/p-1/t11-,12-,14?,15?/m1/s1. The van der Waals surface area contributed by atoms with E-state index in [2.05, 4.69) is 5.32 Å². The Labute approximate surface area is 113 Å². The smallest absolute Gasteiger partial charge is 0.217 e. The lowest BCUT2D eigenvalue weighted by molar-refractivity contribution is -0.306. The van der Waals surface area contributed by atoms with Gasteiger partial charge in [0.2, 0.25) is 5.91 Å². The average Bonchev–Trinajstić information content (AvgIpc) is 2.22. The summed E-state index contributed by atoms with van der Waals surface area (Å²) in [6.07, 6.45) is 7.62. The monoisotopic (exact) mass is 264 g/mol. The Morgan fingerprint density at radius 3 is 2.37 bits per heavy atom. The summed E-state index contributed by atoms with van der Waals surface area (Å²) < 4.78 is 0. The summed E-state index contributed by atoms with van der Waals surface area (Å²) >= 11 is 0. The van der Waals surface area contributed by atoms with Crippen molar-refractivity contribution in [3.05, 3.63) is 0 Å². The molecule has 0 saturated heterocycles. The van der Waals surface area contributed by atoms with Crippen LogP contribution in [0.2, 0.25) is 0 Å². The maximum Gasteiger partial charge on any atom is 0.217 e. The first-order valence-electron chi connectivity index (χ1n) is 7.39. The van der Waals surface area contributed by atoms with Crippen LogP contribution < -0.4 is 10.4 Å². The van der Waals surface area contributed by atoms with E-state index in [1.807, 2.05) is 0 Å². The fourth-order valence-electron chi connectivity index (χ4n) is 5.63. The molecule has 0 aliphatic heterocycles. The molecular weight excluding hydrogens is 242 g/mol. The van der Waals surface area contributed by atoms with Crippen LogP contribution in [0.4, 0.5) is 0 Å². The van der Waals surface area contributed by atoms with Gasteiger partial charge >= 0.3 is 0 Å². The van der Waals surface area contributed by atoms with Crippen LogP contribution in [0.3, 0.4) is 0 Å². The second-order valence-corrected chi connectivity index (χ2v) is 7.29.